The zero-order chi connectivity index (χ0) is 17.0. The van der Waals surface area contributed by atoms with Crippen LogP contribution in [-0.2, 0) is 11.3 Å². The second-order valence-corrected chi connectivity index (χ2v) is 6.59. The van der Waals surface area contributed by atoms with E-state index in [9.17, 15) is 18.0 Å². The van der Waals surface area contributed by atoms with Crippen molar-refractivity contribution in [2.75, 3.05) is 20.2 Å². The van der Waals surface area contributed by atoms with Crippen molar-refractivity contribution >= 4 is 17.7 Å². The Kier molecular flexibility index (Phi) is 5.80. The van der Waals surface area contributed by atoms with Crippen molar-refractivity contribution in [3.63, 3.8) is 0 Å². The molecule has 23 heavy (non-hydrogen) atoms. The summed E-state index contributed by atoms with van der Waals surface area (Å²) in [6.07, 6.45) is 1.38. The van der Waals surface area contributed by atoms with Crippen molar-refractivity contribution < 1.29 is 22.7 Å². The molecule has 0 bridgehead atoms. The zero-order valence-electron chi connectivity index (χ0n) is 12.7. The second-order valence-electron chi connectivity index (χ2n) is 5.49. The SMILES string of the molecule is COc1ccc(CN2CCC(C(N)=O)CC2)cc1SC(F)(F)F. The van der Waals surface area contributed by atoms with Crippen LogP contribution < -0.4 is 10.5 Å². The lowest BCUT2D eigenvalue weighted by Gasteiger charge is -2.30. The Morgan fingerprint density at radius 3 is 2.57 bits per heavy atom. The van der Waals surface area contributed by atoms with Crippen molar-refractivity contribution in [2.45, 2.75) is 29.8 Å². The molecule has 1 heterocycles. The number of amides is 1. The van der Waals surface area contributed by atoms with Crippen LogP contribution in [-0.4, -0.2) is 36.5 Å². The first kappa shape index (κ1) is 17.9. The van der Waals surface area contributed by atoms with E-state index < -0.39 is 5.51 Å². The summed E-state index contributed by atoms with van der Waals surface area (Å²) in [5.41, 5.74) is 1.73. The summed E-state index contributed by atoms with van der Waals surface area (Å²) in [5, 5.41) is 0. The number of hydrogen-bond acceptors (Lipinski definition) is 4. The smallest absolute Gasteiger partial charge is 0.446 e. The molecule has 1 saturated heterocycles. The Morgan fingerprint density at radius 2 is 2.04 bits per heavy atom. The van der Waals surface area contributed by atoms with Crippen LogP contribution in [0.15, 0.2) is 23.1 Å². The third-order valence-electron chi connectivity index (χ3n) is 3.85. The second kappa shape index (κ2) is 7.44. The molecule has 0 unspecified atom stereocenters. The predicted molar refractivity (Wildman–Crippen MR) is 82.1 cm³/mol. The summed E-state index contributed by atoms with van der Waals surface area (Å²) in [7, 11) is 1.35. The van der Waals surface area contributed by atoms with Crippen LogP contribution in [0.2, 0.25) is 0 Å². The maximum absolute atomic E-state index is 12.6. The summed E-state index contributed by atoms with van der Waals surface area (Å²) in [6, 6.07) is 4.83. The highest BCUT2D eigenvalue weighted by atomic mass is 32.2. The number of thioether (sulfide) groups is 1. The van der Waals surface area contributed by atoms with Gasteiger partial charge in [-0.2, -0.15) is 13.2 Å². The van der Waals surface area contributed by atoms with E-state index in [2.05, 4.69) is 4.90 Å². The van der Waals surface area contributed by atoms with E-state index in [-0.39, 0.29) is 34.2 Å². The van der Waals surface area contributed by atoms with E-state index in [0.29, 0.717) is 32.5 Å². The van der Waals surface area contributed by atoms with Gasteiger partial charge < -0.3 is 10.5 Å². The number of piperidine rings is 1. The number of benzene rings is 1. The highest BCUT2D eigenvalue weighted by Gasteiger charge is 2.31. The summed E-state index contributed by atoms with van der Waals surface area (Å²) < 4.78 is 42.9. The summed E-state index contributed by atoms with van der Waals surface area (Å²) >= 11 is -0.172. The van der Waals surface area contributed by atoms with Crippen molar-refractivity contribution in [3.05, 3.63) is 23.8 Å². The number of ether oxygens (including phenoxy) is 1. The number of alkyl halides is 3. The molecule has 0 aliphatic carbocycles. The van der Waals surface area contributed by atoms with Crippen LogP contribution in [0.4, 0.5) is 13.2 Å². The molecule has 1 fully saturated rings. The van der Waals surface area contributed by atoms with Gasteiger partial charge in [0.05, 0.1) is 12.0 Å². The number of carbonyl (C=O) groups is 1. The largest absolute Gasteiger partial charge is 0.496 e. The van der Waals surface area contributed by atoms with E-state index in [0.717, 1.165) is 5.56 Å². The first-order valence-electron chi connectivity index (χ1n) is 7.23. The first-order valence-corrected chi connectivity index (χ1v) is 8.04. The van der Waals surface area contributed by atoms with Gasteiger partial charge in [-0.25, -0.2) is 0 Å². The topological polar surface area (TPSA) is 55.6 Å². The Labute approximate surface area is 137 Å². The molecule has 0 aromatic heterocycles. The highest BCUT2D eigenvalue weighted by Crippen LogP contribution is 2.41. The number of likely N-dealkylation sites (tertiary alicyclic amines) is 1. The number of nitrogens with zero attached hydrogens (tertiary/aromatic N) is 1. The predicted octanol–water partition coefficient (Wildman–Crippen LogP) is 3.00. The summed E-state index contributed by atoms with van der Waals surface area (Å²) in [5.74, 6) is -0.167. The maximum Gasteiger partial charge on any atom is 0.446 e. The van der Waals surface area contributed by atoms with Gasteiger partial charge >= 0.3 is 5.51 Å². The van der Waals surface area contributed by atoms with Gasteiger partial charge in [0.15, 0.2) is 0 Å². The molecule has 1 aromatic rings. The quantitative estimate of drug-likeness (QED) is 0.831. The zero-order valence-corrected chi connectivity index (χ0v) is 13.5. The number of halogens is 3. The van der Waals surface area contributed by atoms with Crippen molar-refractivity contribution in [3.8, 4) is 5.75 Å². The van der Waals surface area contributed by atoms with Gasteiger partial charge in [-0.05, 0) is 55.4 Å². The number of carbonyl (C=O) groups excluding carboxylic acids is 1. The minimum Gasteiger partial charge on any atom is -0.496 e. The van der Waals surface area contributed by atoms with Crippen molar-refractivity contribution in [1.29, 1.82) is 0 Å². The maximum atomic E-state index is 12.6. The Hall–Kier alpha value is -1.41. The number of methoxy groups -OCH3 is 1. The van der Waals surface area contributed by atoms with Crippen LogP contribution in [0.3, 0.4) is 0 Å². The van der Waals surface area contributed by atoms with E-state index in [1.54, 1.807) is 12.1 Å². The number of nitrogens with two attached hydrogens (primary N) is 1. The average molecular weight is 348 g/mol. The molecule has 0 saturated carbocycles. The lowest BCUT2D eigenvalue weighted by Crippen LogP contribution is -2.38. The molecule has 8 heteroatoms. The van der Waals surface area contributed by atoms with Gasteiger partial charge in [-0.15, -0.1) is 0 Å². The first-order chi connectivity index (χ1) is 10.8. The minimum atomic E-state index is -4.36. The van der Waals surface area contributed by atoms with Gasteiger partial charge in [0.2, 0.25) is 5.91 Å². The molecular weight excluding hydrogens is 329 g/mol. The summed E-state index contributed by atoms with van der Waals surface area (Å²) in [6.45, 7) is 1.96. The molecule has 0 spiro atoms. The average Bonchev–Trinajstić information content (AvgIpc) is 2.46. The van der Waals surface area contributed by atoms with Crippen LogP contribution >= 0.6 is 11.8 Å². The van der Waals surface area contributed by atoms with Gasteiger partial charge in [-0.1, -0.05) is 6.07 Å². The van der Waals surface area contributed by atoms with E-state index >= 15 is 0 Å². The van der Waals surface area contributed by atoms with Gasteiger partial charge in [0, 0.05) is 12.5 Å². The van der Waals surface area contributed by atoms with E-state index in [4.69, 9.17) is 10.5 Å². The van der Waals surface area contributed by atoms with Gasteiger partial charge in [-0.3, -0.25) is 9.69 Å². The molecule has 1 aliphatic rings. The van der Waals surface area contributed by atoms with Crippen LogP contribution in [0, 0.1) is 5.92 Å². The molecular formula is C15H19F3N2O2S. The molecule has 0 atom stereocenters. The fourth-order valence-electron chi connectivity index (χ4n) is 2.66. The normalized spacial score (nSPS) is 17.2. The summed E-state index contributed by atoms with van der Waals surface area (Å²) in [4.78, 5) is 13.3. The van der Waals surface area contributed by atoms with Gasteiger partial charge in [0.25, 0.3) is 0 Å². The molecule has 128 valence electrons. The van der Waals surface area contributed by atoms with E-state index in [1.807, 2.05) is 0 Å². The Balaban J connectivity index is 2.03. The van der Waals surface area contributed by atoms with Crippen LogP contribution in [0.1, 0.15) is 18.4 Å². The fourth-order valence-corrected chi connectivity index (χ4v) is 3.37. The monoisotopic (exact) mass is 348 g/mol. The molecule has 1 aromatic carbocycles. The van der Waals surface area contributed by atoms with Crippen LogP contribution in [0.5, 0.6) is 5.75 Å². The highest BCUT2D eigenvalue weighted by molar-refractivity contribution is 8.00. The molecule has 4 nitrogen and oxygen atoms in total. The molecule has 2 rings (SSSR count). The molecule has 2 N–H and O–H groups in total. The fraction of sp³-hybridized carbons (Fsp3) is 0.533. The molecule has 1 amide bonds. The standard InChI is InChI=1S/C15H19F3N2O2S/c1-22-12-3-2-10(8-13(12)23-15(16,17)18)9-20-6-4-11(5-7-20)14(19)21/h2-3,8,11H,4-7,9H2,1H3,(H2,19,21). The third kappa shape index (κ3) is 5.31. The van der Waals surface area contributed by atoms with E-state index in [1.165, 1.54) is 13.2 Å². The third-order valence-corrected chi connectivity index (χ3v) is 4.62. The van der Waals surface area contributed by atoms with Gasteiger partial charge in [0.1, 0.15) is 5.75 Å². The lowest BCUT2D eigenvalue weighted by molar-refractivity contribution is -0.123. The Morgan fingerprint density at radius 1 is 1.39 bits per heavy atom. The molecule has 1 aliphatic heterocycles. The van der Waals surface area contributed by atoms with Crippen molar-refractivity contribution in [1.82, 2.24) is 4.90 Å². The number of hydrogen-bond donors (Lipinski definition) is 1. The van der Waals surface area contributed by atoms with Crippen LogP contribution in [0.25, 0.3) is 0 Å². The number of primary amides is 1. The van der Waals surface area contributed by atoms with Crippen molar-refractivity contribution in [2.24, 2.45) is 11.7 Å². The lowest BCUT2D eigenvalue weighted by atomic mass is 9.96. The number of rotatable bonds is 5. The Bertz CT molecular complexity index is 558. The molecule has 0 radical (unpaired) electrons. The minimum absolute atomic E-state index is 0.0597.